The monoisotopic (exact) mass is 316 g/mol. The maximum absolute atomic E-state index is 12.4. The number of benzene rings is 1. The van der Waals surface area contributed by atoms with Crippen molar-refractivity contribution < 1.29 is 8.42 Å². The first kappa shape index (κ1) is 14.1. The van der Waals surface area contributed by atoms with Crippen LogP contribution >= 0.6 is 23.2 Å². The van der Waals surface area contributed by atoms with Crippen LogP contribution in [0, 0.1) is 0 Å². The zero-order valence-electron chi connectivity index (χ0n) is 9.92. The van der Waals surface area contributed by atoms with Crippen LogP contribution in [-0.4, -0.2) is 20.4 Å². The van der Waals surface area contributed by atoms with Crippen LogP contribution in [0.1, 0.15) is 0 Å². The predicted octanol–water partition coefficient (Wildman–Crippen LogP) is 3.21. The molecule has 0 atom stereocenters. The van der Waals surface area contributed by atoms with Crippen LogP contribution in [0.3, 0.4) is 0 Å². The zero-order chi connectivity index (χ0) is 14.0. The topological polar surface area (TPSA) is 50.3 Å². The van der Waals surface area contributed by atoms with Crippen molar-refractivity contribution >= 4 is 39.0 Å². The van der Waals surface area contributed by atoms with E-state index in [0.717, 1.165) is 4.31 Å². The minimum atomic E-state index is -3.74. The minimum Gasteiger partial charge on any atom is -0.253 e. The average molecular weight is 317 g/mol. The summed E-state index contributed by atoms with van der Waals surface area (Å²) < 4.78 is 25.9. The Labute approximate surface area is 121 Å². The summed E-state index contributed by atoms with van der Waals surface area (Å²) in [6.45, 7) is 0. The molecule has 0 fully saturated rings. The zero-order valence-corrected chi connectivity index (χ0v) is 12.2. The molecule has 0 saturated carbocycles. The van der Waals surface area contributed by atoms with Crippen molar-refractivity contribution in [1.82, 2.24) is 4.98 Å². The van der Waals surface area contributed by atoms with Crippen LogP contribution in [0.25, 0.3) is 0 Å². The molecule has 7 heteroatoms. The highest BCUT2D eigenvalue weighted by Crippen LogP contribution is 2.26. The number of hydrogen-bond acceptors (Lipinski definition) is 3. The Hall–Kier alpha value is -1.30. The molecular weight excluding hydrogens is 307 g/mol. The molecule has 0 saturated heterocycles. The van der Waals surface area contributed by atoms with Crippen molar-refractivity contribution in [3.05, 3.63) is 52.6 Å². The fourth-order valence-corrected chi connectivity index (χ4v) is 3.38. The van der Waals surface area contributed by atoms with Crippen LogP contribution in [0.2, 0.25) is 10.0 Å². The Balaban J connectivity index is 2.48. The second-order valence-corrected chi connectivity index (χ2v) is 6.61. The van der Waals surface area contributed by atoms with E-state index in [1.807, 2.05) is 0 Å². The number of rotatable bonds is 3. The summed E-state index contributed by atoms with van der Waals surface area (Å²) in [6, 6.07) is 9.19. The molecule has 100 valence electrons. The average Bonchev–Trinajstić information content (AvgIpc) is 2.37. The van der Waals surface area contributed by atoms with Gasteiger partial charge in [-0.1, -0.05) is 29.3 Å². The van der Waals surface area contributed by atoms with Crippen LogP contribution < -0.4 is 4.31 Å². The van der Waals surface area contributed by atoms with Gasteiger partial charge in [0, 0.05) is 23.3 Å². The maximum Gasteiger partial charge on any atom is 0.265 e. The van der Waals surface area contributed by atoms with Gasteiger partial charge in [0.05, 0.1) is 4.90 Å². The lowest BCUT2D eigenvalue weighted by Crippen LogP contribution is -2.27. The lowest BCUT2D eigenvalue weighted by Gasteiger charge is -2.18. The van der Waals surface area contributed by atoms with Gasteiger partial charge in [-0.15, -0.1) is 0 Å². The summed E-state index contributed by atoms with van der Waals surface area (Å²) >= 11 is 11.6. The summed E-state index contributed by atoms with van der Waals surface area (Å²) in [5.74, 6) is 0.318. The normalized spacial score (nSPS) is 11.3. The fourth-order valence-electron chi connectivity index (χ4n) is 1.50. The highest BCUT2D eigenvalue weighted by Gasteiger charge is 2.22. The molecule has 1 aromatic heterocycles. The predicted molar refractivity (Wildman–Crippen MR) is 76.3 cm³/mol. The van der Waals surface area contributed by atoms with E-state index in [1.165, 1.54) is 31.4 Å². The van der Waals surface area contributed by atoms with E-state index in [2.05, 4.69) is 4.98 Å². The van der Waals surface area contributed by atoms with E-state index >= 15 is 0 Å². The molecule has 0 radical (unpaired) electrons. The first-order valence-corrected chi connectivity index (χ1v) is 7.47. The molecule has 1 aromatic carbocycles. The number of nitrogens with zero attached hydrogens (tertiary/aromatic N) is 2. The largest absolute Gasteiger partial charge is 0.265 e. The first-order valence-electron chi connectivity index (χ1n) is 5.27. The molecule has 1 heterocycles. The smallest absolute Gasteiger partial charge is 0.253 e. The van der Waals surface area contributed by atoms with Gasteiger partial charge in [-0.3, -0.25) is 4.31 Å². The number of aromatic nitrogens is 1. The second kappa shape index (κ2) is 5.36. The van der Waals surface area contributed by atoms with Gasteiger partial charge in [0.25, 0.3) is 10.0 Å². The molecule has 0 amide bonds. The highest BCUT2D eigenvalue weighted by molar-refractivity contribution is 7.92. The summed E-state index contributed by atoms with van der Waals surface area (Å²) in [5.41, 5.74) is 0. The van der Waals surface area contributed by atoms with Crippen molar-refractivity contribution in [3.63, 3.8) is 0 Å². The van der Waals surface area contributed by atoms with Gasteiger partial charge < -0.3 is 0 Å². The standard InChI is InChI=1S/C12H10Cl2N2O2S/c1-16(12-4-2-3-5-15-12)19(17,18)11-7-9(13)6-10(14)8-11/h2-8H,1H3. The molecule has 0 spiro atoms. The number of anilines is 1. The number of halogens is 2. The third kappa shape index (κ3) is 3.00. The Kier molecular flexibility index (Phi) is 3.99. The van der Waals surface area contributed by atoms with Gasteiger partial charge in [0.2, 0.25) is 0 Å². The Morgan fingerprint density at radius 1 is 1.11 bits per heavy atom. The lowest BCUT2D eigenvalue weighted by atomic mass is 10.4. The lowest BCUT2D eigenvalue weighted by molar-refractivity contribution is 0.594. The van der Waals surface area contributed by atoms with Crippen LogP contribution in [-0.2, 0) is 10.0 Å². The second-order valence-electron chi connectivity index (χ2n) is 3.77. The molecule has 0 N–H and O–H groups in total. The summed E-state index contributed by atoms with van der Waals surface area (Å²) in [5, 5.41) is 0.529. The van der Waals surface area contributed by atoms with E-state index < -0.39 is 10.0 Å². The van der Waals surface area contributed by atoms with Crippen molar-refractivity contribution in [3.8, 4) is 0 Å². The van der Waals surface area contributed by atoms with Crippen molar-refractivity contribution in [2.45, 2.75) is 4.90 Å². The number of sulfonamides is 1. The molecule has 0 aliphatic heterocycles. The van der Waals surface area contributed by atoms with E-state index in [1.54, 1.807) is 18.2 Å². The van der Waals surface area contributed by atoms with Gasteiger partial charge in [0.15, 0.2) is 0 Å². The summed E-state index contributed by atoms with van der Waals surface area (Å²) in [4.78, 5) is 4.02. The number of hydrogen-bond donors (Lipinski definition) is 0. The van der Waals surface area contributed by atoms with Gasteiger partial charge in [-0.05, 0) is 30.3 Å². The van der Waals surface area contributed by atoms with Gasteiger partial charge in [-0.25, -0.2) is 13.4 Å². The van der Waals surface area contributed by atoms with Crippen molar-refractivity contribution in [1.29, 1.82) is 0 Å². The Morgan fingerprint density at radius 2 is 1.74 bits per heavy atom. The van der Waals surface area contributed by atoms with E-state index in [4.69, 9.17) is 23.2 Å². The first-order chi connectivity index (χ1) is 8.91. The molecule has 19 heavy (non-hydrogen) atoms. The van der Waals surface area contributed by atoms with Crippen LogP contribution in [0.5, 0.6) is 0 Å². The molecule has 0 aliphatic rings. The van der Waals surface area contributed by atoms with Gasteiger partial charge in [-0.2, -0.15) is 0 Å². The maximum atomic E-state index is 12.4. The fraction of sp³-hybridized carbons (Fsp3) is 0.0833. The molecule has 2 aromatic rings. The molecule has 4 nitrogen and oxygen atoms in total. The van der Waals surface area contributed by atoms with Crippen LogP contribution in [0.15, 0.2) is 47.5 Å². The summed E-state index contributed by atoms with van der Waals surface area (Å²) in [6.07, 6.45) is 1.52. The third-order valence-corrected chi connectivity index (χ3v) is 4.64. The molecule has 2 rings (SSSR count). The van der Waals surface area contributed by atoms with Crippen molar-refractivity contribution in [2.75, 3.05) is 11.4 Å². The quantitative estimate of drug-likeness (QED) is 0.873. The van der Waals surface area contributed by atoms with Gasteiger partial charge >= 0.3 is 0 Å². The van der Waals surface area contributed by atoms with E-state index in [-0.39, 0.29) is 14.9 Å². The SMILES string of the molecule is CN(c1ccccn1)S(=O)(=O)c1cc(Cl)cc(Cl)c1. The molecule has 0 aliphatic carbocycles. The Bertz CT molecular complexity index is 670. The van der Waals surface area contributed by atoms with Crippen LogP contribution in [0.4, 0.5) is 5.82 Å². The van der Waals surface area contributed by atoms with E-state index in [0.29, 0.717) is 5.82 Å². The molecule has 0 bridgehead atoms. The summed E-state index contributed by atoms with van der Waals surface area (Å²) in [7, 11) is -2.31. The van der Waals surface area contributed by atoms with Crippen molar-refractivity contribution in [2.24, 2.45) is 0 Å². The molecule has 0 unspecified atom stereocenters. The minimum absolute atomic E-state index is 0.0261. The third-order valence-electron chi connectivity index (χ3n) is 2.47. The van der Waals surface area contributed by atoms with Gasteiger partial charge in [0.1, 0.15) is 5.82 Å². The Morgan fingerprint density at radius 3 is 2.26 bits per heavy atom. The highest BCUT2D eigenvalue weighted by atomic mass is 35.5. The number of pyridine rings is 1. The van der Waals surface area contributed by atoms with E-state index in [9.17, 15) is 8.42 Å². The molecular formula is C12H10Cl2N2O2S.